The molecular formula is C18H15F3O3. The summed E-state index contributed by atoms with van der Waals surface area (Å²) < 4.78 is 44.5. The number of halogens is 3. The van der Waals surface area contributed by atoms with Gasteiger partial charge in [0.25, 0.3) is 0 Å². The molecule has 1 saturated carbocycles. The lowest BCUT2D eigenvalue weighted by atomic mass is 10.0. The van der Waals surface area contributed by atoms with Gasteiger partial charge in [-0.2, -0.15) is 13.2 Å². The van der Waals surface area contributed by atoms with Crippen molar-refractivity contribution in [2.45, 2.75) is 31.5 Å². The van der Waals surface area contributed by atoms with E-state index < -0.39 is 23.3 Å². The normalized spacial score (nSPS) is 15.8. The predicted molar refractivity (Wildman–Crippen MR) is 81.8 cm³/mol. The van der Waals surface area contributed by atoms with Gasteiger partial charge in [0.05, 0.1) is 5.56 Å². The third-order valence-corrected chi connectivity index (χ3v) is 4.04. The number of alkyl halides is 3. The zero-order valence-electron chi connectivity index (χ0n) is 12.9. The smallest absolute Gasteiger partial charge is 0.416 e. The van der Waals surface area contributed by atoms with Crippen molar-refractivity contribution < 1.29 is 27.8 Å². The Balaban J connectivity index is 2.04. The molecule has 6 heteroatoms. The standard InChI is InChI=1S/C18H15F3O3/c1-11-5-6-14(12-3-2-4-13(10-12)18(19,20)21)15(9-11)24-17(7-8-17)16(22)23/h2-6,9-10H,7-8H2,1H3,(H,22,23). The Morgan fingerprint density at radius 2 is 1.88 bits per heavy atom. The average molecular weight is 336 g/mol. The Morgan fingerprint density at radius 1 is 1.17 bits per heavy atom. The van der Waals surface area contributed by atoms with Gasteiger partial charge in [0, 0.05) is 18.4 Å². The number of carboxylic acid groups (broad SMARTS) is 1. The molecule has 1 aliphatic carbocycles. The molecule has 1 N–H and O–H groups in total. The minimum absolute atomic E-state index is 0.286. The molecule has 1 fully saturated rings. The third kappa shape index (κ3) is 3.09. The predicted octanol–water partition coefficient (Wildman–Crippen LogP) is 4.68. The van der Waals surface area contributed by atoms with Crippen molar-refractivity contribution in [3.8, 4) is 16.9 Å². The van der Waals surface area contributed by atoms with Crippen LogP contribution in [0.15, 0.2) is 42.5 Å². The highest BCUT2D eigenvalue weighted by Gasteiger charge is 2.53. The van der Waals surface area contributed by atoms with Crippen molar-refractivity contribution >= 4 is 5.97 Å². The summed E-state index contributed by atoms with van der Waals surface area (Å²) in [6.45, 7) is 1.81. The van der Waals surface area contributed by atoms with Crippen molar-refractivity contribution in [1.29, 1.82) is 0 Å². The number of hydrogen-bond acceptors (Lipinski definition) is 2. The molecule has 2 aromatic rings. The molecule has 0 aliphatic heterocycles. The number of rotatable bonds is 4. The van der Waals surface area contributed by atoms with Crippen molar-refractivity contribution in [2.75, 3.05) is 0 Å². The maximum atomic E-state index is 12.9. The van der Waals surface area contributed by atoms with Crippen molar-refractivity contribution in [3.05, 3.63) is 53.6 Å². The first-order valence-electron chi connectivity index (χ1n) is 7.42. The maximum absolute atomic E-state index is 12.9. The van der Waals surface area contributed by atoms with E-state index in [1.54, 1.807) is 24.3 Å². The lowest BCUT2D eigenvalue weighted by Crippen LogP contribution is -2.29. The summed E-state index contributed by atoms with van der Waals surface area (Å²) >= 11 is 0. The number of benzene rings is 2. The molecule has 0 heterocycles. The molecule has 0 aromatic heterocycles. The first-order chi connectivity index (χ1) is 11.2. The maximum Gasteiger partial charge on any atom is 0.416 e. The largest absolute Gasteiger partial charge is 0.478 e. The summed E-state index contributed by atoms with van der Waals surface area (Å²) in [6, 6.07) is 9.97. The molecule has 24 heavy (non-hydrogen) atoms. The van der Waals surface area contributed by atoms with Crippen LogP contribution in [0, 0.1) is 6.92 Å². The Kier molecular flexibility index (Phi) is 3.78. The second-order valence-corrected chi connectivity index (χ2v) is 5.98. The van der Waals surface area contributed by atoms with Gasteiger partial charge in [0.2, 0.25) is 5.60 Å². The van der Waals surface area contributed by atoms with Crippen LogP contribution < -0.4 is 4.74 Å². The lowest BCUT2D eigenvalue weighted by molar-refractivity contribution is -0.147. The Morgan fingerprint density at radius 3 is 2.46 bits per heavy atom. The van der Waals surface area contributed by atoms with Gasteiger partial charge in [-0.25, -0.2) is 4.79 Å². The minimum atomic E-state index is -4.44. The Hall–Kier alpha value is -2.50. The first-order valence-corrected chi connectivity index (χ1v) is 7.42. The van der Waals surface area contributed by atoms with E-state index in [2.05, 4.69) is 0 Å². The molecule has 0 amide bonds. The van der Waals surface area contributed by atoms with E-state index in [9.17, 15) is 23.1 Å². The van der Waals surface area contributed by atoms with Gasteiger partial charge in [-0.3, -0.25) is 0 Å². The van der Waals surface area contributed by atoms with Gasteiger partial charge in [0.1, 0.15) is 5.75 Å². The minimum Gasteiger partial charge on any atom is -0.478 e. The summed E-state index contributed by atoms with van der Waals surface area (Å²) in [4.78, 5) is 11.3. The van der Waals surface area contributed by atoms with Crippen LogP contribution in [-0.4, -0.2) is 16.7 Å². The van der Waals surface area contributed by atoms with Crippen LogP contribution >= 0.6 is 0 Å². The Bertz CT molecular complexity index is 792. The molecule has 126 valence electrons. The van der Waals surface area contributed by atoms with E-state index in [1.807, 2.05) is 6.92 Å². The topological polar surface area (TPSA) is 46.5 Å². The molecule has 0 bridgehead atoms. The van der Waals surface area contributed by atoms with Crippen LogP contribution in [0.3, 0.4) is 0 Å². The zero-order valence-corrected chi connectivity index (χ0v) is 12.9. The van der Waals surface area contributed by atoms with Crippen LogP contribution in [-0.2, 0) is 11.0 Å². The van der Waals surface area contributed by atoms with E-state index in [4.69, 9.17) is 4.74 Å². The highest BCUT2D eigenvalue weighted by molar-refractivity contribution is 5.82. The summed E-state index contributed by atoms with van der Waals surface area (Å²) in [5.74, 6) is -0.770. The van der Waals surface area contributed by atoms with Crippen LogP contribution in [0.1, 0.15) is 24.0 Å². The fourth-order valence-corrected chi connectivity index (χ4v) is 2.50. The summed E-state index contributed by atoms with van der Waals surface area (Å²) in [5, 5.41) is 9.27. The quantitative estimate of drug-likeness (QED) is 0.882. The Labute approximate surface area is 136 Å². The van der Waals surface area contributed by atoms with Gasteiger partial charge >= 0.3 is 12.1 Å². The van der Waals surface area contributed by atoms with Gasteiger partial charge in [-0.1, -0.05) is 24.3 Å². The summed E-state index contributed by atoms with van der Waals surface area (Å²) in [6.07, 6.45) is -3.67. The molecule has 1 aliphatic rings. The van der Waals surface area contributed by atoms with E-state index >= 15 is 0 Å². The van der Waals surface area contributed by atoms with Crippen molar-refractivity contribution in [1.82, 2.24) is 0 Å². The van der Waals surface area contributed by atoms with Crippen molar-refractivity contribution in [3.63, 3.8) is 0 Å². The molecule has 0 saturated heterocycles. The molecule has 0 radical (unpaired) electrons. The van der Waals surface area contributed by atoms with E-state index in [0.717, 1.165) is 17.7 Å². The number of carbonyl (C=O) groups is 1. The molecule has 3 nitrogen and oxygen atoms in total. The monoisotopic (exact) mass is 336 g/mol. The average Bonchev–Trinajstić information content (AvgIpc) is 3.28. The third-order valence-electron chi connectivity index (χ3n) is 4.04. The van der Waals surface area contributed by atoms with Gasteiger partial charge in [-0.15, -0.1) is 0 Å². The number of ether oxygens (including phenoxy) is 1. The second-order valence-electron chi connectivity index (χ2n) is 5.98. The van der Waals surface area contributed by atoms with Gasteiger partial charge in [-0.05, 0) is 36.2 Å². The molecule has 0 spiro atoms. The van der Waals surface area contributed by atoms with Crippen molar-refractivity contribution in [2.24, 2.45) is 0 Å². The number of aryl methyl sites for hydroxylation is 1. The van der Waals surface area contributed by atoms with E-state index in [0.29, 0.717) is 24.0 Å². The molecule has 3 rings (SSSR count). The fraction of sp³-hybridized carbons (Fsp3) is 0.278. The van der Waals surface area contributed by atoms with E-state index in [1.165, 1.54) is 6.07 Å². The number of hydrogen-bond donors (Lipinski definition) is 1. The zero-order chi connectivity index (χ0) is 17.5. The van der Waals surface area contributed by atoms with Crippen LogP contribution in [0.5, 0.6) is 5.75 Å². The fourth-order valence-electron chi connectivity index (χ4n) is 2.50. The summed E-state index contributed by atoms with van der Waals surface area (Å²) in [7, 11) is 0. The highest BCUT2D eigenvalue weighted by atomic mass is 19.4. The van der Waals surface area contributed by atoms with Gasteiger partial charge in [0.15, 0.2) is 0 Å². The van der Waals surface area contributed by atoms with Crippen LogP contribution in [0.2, 0.25) is 0 Å². The van der Waals surface area contributed by atoms with Crippen LogP contribution in [0.4, 0.5) is 13.2 Å². The van der Waals surface area contributed by atoms with Crippen LogP contribution in [0.25, 0.3) is 11.1 Å². The SMILES string of the molecule is Cc1ccc(-c2cccc(C(F)(F)F)c2)c(OC2(C(=O)O)CC2)c1. The lowest BCUT2D eigenvalue weighted by Gasteiger charge is -2.18. The highest BCUT2D eigenvalue weighted by Crippen LogP contribution is 2.44. The van der Waals surface area contributed by atoms with E-state index in [-0.39, 0.29) is 5.75 Å². The number of aliphatic carboxylic acids is 1. The first kappa shape index (κ1) is 16.4. The molecule has 0 unspecified atom stereocenters. The molecule has 0 atom stereocenters. The number of carboxylic acids is 1. The van der Waals surface area contributed by atoms with Gasteiger partial charge < -0.3 is 9.84 Å². The molecular weight excluding hydrogens is 321 g/mol. The molecule has 2 aromatic carbocycles. The second kappa shape index (κ2) is 5.54. The summed E-state index contributed by atoms with van der Waals surface area (Å²) in [5.41, 5.74) is -0.405.